The Balaban J connectivity index is 1.37. The fraction of sp³-hybridized carbons (Fsp3) is 0.250. The fourth-order valence-electron chi connectivity index (χ4n) is 2.98. The molecule has 9 heteroatoms. The smallest absolute Gasteiger partial charge is 0.277 e. The molecule has 0 bridgehead atoms. The second-order valence-electron chi connectivity index (χ2n) is 6.31. The van der Waals surface area contributed by atoms with Crippen molar-refractivity contribution in [3.05, 3.63) is 54.3 Å². The number of benzene rings is 2. The van der Waals surface area contributed by atoms with Gasteiger partial charge in [-0.3, -0.25) is 4.79 Å². The first-order valence-corrected chi connectivity index (χ1v) is 10.1. The van der Waals surface area contributed by atoms with Gasteiger partial charge in [0.05, 0.1) is 35.9 Å². The van der Waals surface area contributed by atoms with Crippen LogP contribution in [0.25, 0.3) is 11.5 Å². The Morgan fingerprint density at radius 2 is 1.86 bits per heavy atom. The van der Waals surface area contributed by atoms with E-state index >= 15 is 0 Å². The summed E-state index contributed by atoms with van der Waals surface area (Å²) in [6, 6.07) is 13.8. The molecule has 29 heavy (non-hydrogen) atoms. The normalized spacial score (nSPS) is 14.0. The average Bonchev–Trinajstić information content (AvgIpc) is 3.22. The monoisotopic (exact) mass is 414 g/mol. The Labute approximate surface area is 171 Å². The van der Waals surface area contributed by atoms with Gasteiger partial charge in [0.2, 0.25) is 5.91 Å². The molecule has 1 aliphatic rings. The maximum atomic E-state index is 13.8. The van der Waals surface area contributed by atoms with Gasteiger partial charge in [-0.25, -0.2) is 4.39 Å². The minimum absolute atomic E-state index is 0.0867. The van der Waals surface area contributed by atoms with E-state index in [1.54, 1.807) is 18.2 Å². The Kier molecular flexibility index (Phi) is 6.06. The summed E-state index contributed by atoms with van der Waals surface area (Å²) in [5.41, 5.74) is 1.95. The summed E-state index contributed by atoms with van der Waals surface area (Å²) < 4.78 is 24.7. The average molecular weight is 414 g/mol. The molecule has 1 aliphatic heterocycles. The summed E-state index contributed by atoms with van der Waals surface area (Å²) in [6.45, 7) is 2.89. The van der Waals surface area contributed by atoms with Crippen molar-refractivity contribution in [1.29, 1.82) is 0 Å². The molecule has 7 nitrogen and oxygen atoms in total. The lowest BCUT2D eigenvalue weighted by atomic mass is 10.2. The van der Waals surface area contributed by atoms with Crippen molar-refractivity contribution in [1.82, 2.24) is 10.2 Å². The number of carbonyl (C=O) groups is 1. The molecule has 2 aromatic carbocycles. The summed E-state index contributed by atoms with van der Waals surface area (Å²) in [5.74, 6) is -0.453. The number of nitrogens with one attached hydrogen (secondary N) is 1. The first-order valence-electron chi connectivity index (χ1n) is 9.13. The molecule has 0 radical (unpaired) electrons. The lowest BCUT2D eigenvalue weighted by molar-refractivity contribution is -0.113. The summed E-state index contributed by atoms with van der Waals surface area (Å²) >= 11 is 1.10. The highest BCUT2D eigenvalue weighted by atomic mass is 32.2. The molecule has 1 N–H and O–H groups in total. The molecule has 2 heterocycles. The number of para-hydroxylation sites is 2. The van der Waals surface area contributed by atoms with Crippen LogP contribution in [-0.4, -0.2) is 48.2 Å². The number of ether oxygens (including phenoxy) is 1. The Hall–Kier alpha value is -2.91. The van der Waals surface area contributed by atoms with Crippen molar-refractivity contribution in [2.75, 3.05) is 42.3 Å². The number of morpholine rings is 1. The molecule has 0 spiro atoms. The molecule has 4 rings (SSSR count). The molecule has 3 aromatic rings. The number of carbonyl (C=O) groups excluding carboxylic acids is 1. The Morgan fingerprint density at radius 3 is 2.69 bits per heavy atom. The predicted molar refractivity (Wildman–Crippen MR) is 109 cm³/mol. The first kappa shape index (κ1) is 19.4. The van der Waals surface area contributed by atoms with Crippen LogP contribution in [-0.2, 0) is 9.53 Å². The third kappa shape index (κ3) is 4.75. The van der Waals surface area contributed by atoms with Crippen LogP contribution in [0.15, 0.2) is 58.2 Å². The van der Waals surface area contributed by atoms with Crippen molar-refractivity contribution in [2.24, 2.45) is 0 Å². The third-order valence-electron chi connectivity index (χ3n) is 4.37. The van der Waals surface area contributed by atoms with Gasteiger partial charge in [-0.2, -0.15) is 0 Å². The molecular formula is C20H19FN4O3S. The van der Waals surface area contributed by atoms with E-state index in [1.807, 2.05) is 24.3 Å². The highest BCUT2D eigenvalue weighted by molar-refractivity contribution is 7.99. The maximum Gasteiger partial charge on any atom is 0.277 e. The van der Waals surface area contributed by atoms with Gasteiger partial charge in [0, 0.05) is 13.1 Å². The van der Waals surface area contributed by atoms with Gasteiger partial charge >= 0.3 is 0 Å². The van der Waals surface area contributed by atoms with Crippen LogP contribution in [0.4, 0.5) is 15.8 Å². The van der Waals surface area contributed by atoms with Crippen molar-refractivity contribution in [2.45, 2.75) is 5.22 Å². The zero-order chi connectivity index (χ0) is 20.1. The largest absolute Gasteiger partial charge is 0.411 e. The number of hydrogen-bond donors (Lipinski definition) is 1. The van der Waals surface area contributed by atoms with Crippen LogP contribution in [0.2, 0.25) is 0 Å². The number of amides is 1. The van der Waals surface area contributed by atoms with Crippen molar-refractivity contribution < 1.29 is 18.3 Å². The minimum atomic E-state index is -0.440. The summed E-state index contributed by atoms with van der Waals surface area (Å²) in [6.07, 6.45) is 0. The van der Waals surface area contributed by atoms with Crippen LogP contribution in [0, 0.1) is 5.82 Å². The topological polar surface area (TPSA) is 80.5 Å². The predicted octanol–water partition coefficient (Wildman–Crippen LogP) is 3.44. The first-order chi connectivity index (χ1) is 14.2. The van der Waals surface area contributed by atoms with E-state index in [4.69, 9.17) is 9.15 Å². The van der Waals surface area contributed by atoms with Crippen molar-refractivity contribution >= 4 is 29.0 Å². The summed E-state index contributed by atoms with van der Waals surface area (Å²) in [5, 5.41) is 10.9. The molecular weight excluding hydrogens is 395 g/mol. The van der Waals surface area contributed by atoms with Crippen LogP contribution >= 0.6 is 11.8 Å². The van der Waals surface area contributed by atoms with E-state index in [-0.39, 0.29) is 28.3 Å². The number of thioether (sulfide) groups is 1. The Morgan fingerprint density at radius 1 is 1.10 bits per heavy atom. The van der Waals surface area contributed by atoms with E-state index in [0.29, 0.717) is 13.2 Å². The second-order valence-corrected chi connectivity index (χ2v) is 7.23. The fourth-order valence-corrected chi connectivity index (χ4v) is 3.55. The van der Waals surface area contributed by atoms with Gasteiger partial charge in [-0.05, 0) is 24.3 Å². The van der Waals surface area contributed by atoms with E-state index in [1.165, 1.54) is 6.07 Å². The van der Waals surface area contributed by atoms with Crippen molar-refractivity contribution in [3.63, 3.8) is 0 Å². The van der Waals surface area contributed by atoms with Crippen LogP contribution < -0.4 is 10.2 Å². The highest BCUT2D eigenvalue weighted by Crippen LogP contribution is 2.28. The van der Waals surface area contributed by atoms with Crippen LogP contribution in [0.5, 0.6) is 0 Å². The van der Waals surface area contributed by atoms with Crippen LogP contribution in [0.1, 0.15) is 0 Å². The highest BCUT2D eigenvalue weighted by Gasteiger charge is 2.17. The van der Waals surface area contributed by atoms with Crippen LogP contribution in [0.3, 0.4) is 0 Å². The summed E-state index contributed by atoms with van der Waals surface area (Å²) in [7, 11) is 0. The summed E-state index contributed by atoms with van der Waals surface area (Å²) in [4.78, 5) is 14.6. The number of nitrogens with zero attached hydrogens (tertiary/aromatic N) is 3. The van der Waals surface area contributed by atoms with E-state index in [2.05, 4.69) is 20.4 Å². The lowest BCUT2D eigenvalue weighted by Gasteiger charge is -2.30. The zero-order valence-corrected chi connectivity index (χ0v) is 16.3. The van der Waals surface area contributed by atoms with E-state index in [9.17, 15) is 9.18 Å². The van der Waals surface area contributed by atoms with Crippen molar-refractivity contribution in [3.8, 4) is 11.5 Å². The minimum Gasteiger partial charge on any atom is -0.411 e. The zero-order valence-electron chi connectivity index (χ0n) is 15.5. The SMILES string of the molecule is O=C(CSc1nnc(-c2ccccc2F)o1)Nc1ccccc1N1CCOCC1. The molecule has 150 valence electrons. The number of hydrogen-bond acceptors (Lipinski definition) is 7. The number of rotatable bonds is 6. The Bertz CT molecular complexity index is 991. The second kappa shape index (κ2) is 9.06. The van der Waals surface area contributed by atoms with Gasteiger partial charge in [0.25, 0.3) is 11.1 Å². The molecule has 1 saturated heterocycles. The third-order valence-corrected chi connectivity index (χ3v) is 5.19. The quantitative estimate of drug-likeness (QED) is 0.619. The molecule has 0 atom stereocenters. The van der Waals surface area contributed by atoms with Gasteiger partial charge in [-0.1, -0.05) is 36.0 Å². The molecule has 1 amide bonds. The number of anilines is 2. The number of halogens is 1. The standard InChI is InChI=1S/C20H19FN4O3S/c21-15-6-2-1-5-14(15)19-23-24-20(28-19)29-13-18(26)22-16-7-3-4-8-17(16)25-9-11-27-12-10-25/h1-8H,9-13H2,(H,22,26). The molecule has 0 aliphatic carbocycles. The molecule has 1 fully saturated rings. The van der Waals surface area contributed by atoms with Gasteiger partial charge < -0.3 is 19.4 Å². The van der Waals surface area contributed by atoms with Gasteiger partial charge in [0.1, 0.15) is 5.82 Å². The lowest BCUT2D eigenvalue weighted by Crippen LogP contribution is -2.36. The molecule has 0 saturated carbocycles. The number of aromatic nitrogens is 2. The van der Waals surface area contributed by atoms with Gasteiger partial charge in [-0.15, -0.1) is 10.2 Å². The van der Waals surface area contributed by atoms with E-state index < -0.39 is 5.82 Å². The van der Waals surface area contributed by atoms with Gasteiger partial charge in [0.15, 0.2) is 0 Å². The van der Waals surface area contributed by atoms with E-state index in [0.717, 1.165) is 36.2 Å². The molecule has 1 aromatic heterocycles. The maximum absolute atomic E-state index is 13.8. The molecule has 0 unspecified atom stereocenters.